The molecule has 6 heteroatoms. The van der Waals surface area contributed by atoms with Gasteiger partial charge in [0, 0.05) is 69.8 Å². The zero-order valence-electron chi connectivity index (χ0n) is 36.1. The first-order valence-corrected chi connectivity index (χ1v) is 23.6. The minimum atomic E-state index is -0.377. The number of aliphatic imine (C=N–C) groups is 2. The van der Waals surface area contributed by atoms with E-state index in [1.165, 1.54) is 69.0 Å². The van der Waals surface area contributed by atoms with E-state index >= 15 is 0 Å². The van der Waals surface area contributed by atoms with Gasteiger partial charge in [0.2, 0.25) is 0 Å². The van der Waals surface area contributed by atoms with E-state index in [0.29, 0.717) is 5.84 Å². The van der Waals surface area contributed by atoms with Gasteiger partial charge in [-0.2, -0.15) is 0 Å². The normalized spacial score (nSPS) is 14.1. The Morgan fingerprint density at radius 3 is 1.84 bits per heavy atom. The third-order valence-corrected chi connectivity index (χ3v) is 14.8. The largest absolute Gasteiger partial charge is 0.344 e. The molecule has 0 amide bonds. The molecule has 67 heavy (non-hydrogen) atoms. The summed E-state index contributed by atoms with van der Waals surface area (Å²) in [6, 6.07) is 81.0. The van der Waals surface area contributed by atoms with Crippen molar-refractivity contribution < 1.29 is 0 Å². The molecule has 0 saturated heterocycles. The topological polar surface area (TPSA) is 46.6 Å². The van der Waals surface area contributed by atoms with Crippen molar-refractivity contribution in [1.29, 1.82) is 0 Å². The molecule has 0 aliphatic carbocycles. The maximum atomic E-state index is 5.54. The number of para-hydroxylation sites is 3. The molecule has 14 rings (SSSR count). The predicted molar refractivity (Wildman–Crippen MR) is 283 cm³/mol. The molecular formula is C61H39N5S. The lowest BCUT2D eigenvalue weighted by Gasteiger charge is -2.25. The number of rotatable bonds is 6. The quantitative estimate of drug-likeness (QED) is 0.178. The van der Waals surface area contributed by atoms with Gasteiger partial charge in [-0.25, -0.2) is 9.98 Å². The Balaban J connectivity index is 1.02. The first kappa shape index (κ1) is 37.8. The number of nitrogens with one attached hydrogen (secondary N) is 1. The molecule has 0 saturated carbocycles. The molecule has 1 unspecified atom stereocenters. The molecule has 10 aromatic carbocycles. The second kappa shape index (κ2) is 15.0. The SMILES string of the molecule is c1ccc(C2N=C(c3ccc(-n4c5ccccc5c5cc6ccccc6cc54)cc3-c3cccc4c3sc3ccccc34)N=C(c3ccc4c5ccccc5n(-c5ccccc5)c4c3)N2)cc1. The summed E-state index contributed by atoms with van der Waals surface area (Å²) in [5.41, 5.74) is 12.1. The van der Waals surface area contributed by atoms with Crippen LogP contribution in [0.25, 0.3) is 97.1 Å². The van der Waals surface area contributed by atoms with Crippen LogP contribution in [-0.2, 0) is 0 Å². The molecule has 0 bridgehead atoms. The summed E-state index contributed by atoms with van der Waals surface area (Å²) in [6.07, 6.45) is -0.377. The van der Waals surface area contributed by atoms with Gasteiger partial charge in [0.05, 0.1) is 22.1 Å². The van der Waals surface area contributed by atoms with E-state index < -0.39 is 0 Å². The van der Waals surface area contributed by atoms with Crippen LogP contribution in [0.1, 0.15) is 22.9 Å². The van der Waals surface area contributed by atoms with Crippen molar-refractivity contribution in [1.82, 2.24) is 14.5 Å². The Morgan fingerprint density at radius 2 is 1.03 bits per heavy atom. The molecule has 1 aliphatic heterocycles. The van der Waals surface area contributed by atoms with Crippen LogP contribution in [0, 0.1) is 0 Å². The number of hydrogen-bond acceptors (Lipinski definition) is 4. The summed E-state index contributed by atoms with van der Waals surface area (Å²) >= 11 is 1.85. The average Bonchev–Trinajstić information content (AvgIpc) is 4.05. The fraction of sp³-hybridized carbons (Fsp3) is 0.0164. The van der Waals surface area contributed by atoms with Crippen LogP contribution in [0.3, 0.4) is 0 Å². The molecule has 0 fully saturated rings. The van der Waals surface area contributed by atoms with Crippen molar-refractivity contribution in [3.05, 3.63) is 241 Å². The third kappa shape index (κ3) is 6.00. The predicted octanol–water partition coefficient (Wildman–Crippen LogP) is 15.6. The van der Waals surface area contributed by atoms with Crippen LogP contribution < -0.4 is 5.32 Å². The van der Waals surface area contributed by atoms with E-state index in [2.05, 4.69) is 239 Å². The van der Waals surface area contributed by atoms with Gasteiger partial charge in [0.1, 0.15) is 12.0 Å². The van der Waals surface area contributed by atoms with Crippen molar-refractivity contribution >= 4 is 97.6 Å². The second-order valence-corrected chi connectivity index (χ2v) is 18.4. The van der Waals surface area contributed by atoms with Crippen LogP contribution in [0.2, 0.25) is 0 Å². The van der Waals surface area contributed by atoms with Gasteiger partial charge >= 0.3 is 0 Å². The van der Waals surface area contributed by atoms with Gasteiger partial charge < -0.3 is 14.5 Å². The zero-order chi connectivity index (χ0) is 44.0. The van der Waals surface area contributed by atoms with Crippen molar-refractivity contribution in [2.75, 3.05) is 0 Å². The molecule has 13 aromatic rings. The standard InChI is InChI=1S/C61H39N5S/c1-3-16-38(17-4-1)59-62-60(41-30-32-46-44-22-9-12-27-53(44)65(55(46)36-41)42-20-5-2-6-21-42)64-61(63-59)50-33-31-43(37-51(50)49-26-15-25-48-47-24-11-14-29-57(47)67-58(48)49)66-54-28-13-10-23-45(54)52-34-39-18-7-8-19-40(39)35-56(52)66/h1-37,59H,(H,62,63,64). The Labute approximate surface area is 389 Å². The van der Waals surface area contributed by atoms with Crippen molar-refractivity contribution in [3.8, 4) is 22.5 Å². The highest BCUT2D eigenvalue weighted by Gasteiger charge is 2.26. The zero-order valence-corrected chi connectivity index (χ0v) is 37.0. The van der Waals surface area contributed by atoms with E-state index in [9.17, 15) is 0 Å². The Bertz CT molecular complexity index is 4190. The summed E-state index contributed by atoms with van der Waals surface area (Å²) in [6.45, 7) is 0. The van der Waals surface area contributed by atoms with Gasteiger partial charge in [-0.3, -0.25) is 0 Å². The summed E-state index contributed by atoms with van der Waals surface area (Å²) in [4.78, 5) is 11.0. The summed E-state index contributed by atoms with van der Waals surface area (Å²) in [5, 5.41) is 13.6. The van der Waals surface area contributed by atoms with Crippen LogP contribution >= 0.6 is 11.3 Å². The fourth-order valence-corrected chi connectivity index (χ4v) is 11.7. The van der Waals surface area contributed by atoms with Crippen LogP contribution in [0.5, 0.6) is 0 Å². The Kier molecular flexibility index (Phi) is 8.45. The number of hydrogen-bond donors (Lipinski definition) is 1. The molecule has 1 aliphatic rings. The molecule has 3 aromatic heterocycles. The van der Waals surface area contributed by atoms with E-state index in [-0.39, 0.29) is 6.17 Å². The number of amidine groups is 2. The first-order chi connectivity index (χ1) is 33.2. The Hall–Kier alpha value is -8.58. The molecule has 0 radical (unpaired) electrons. The molecular weight excluding hydrogens is 835 g/mol. The van der Waals surface area contributed by atoms with E-state index in [0.717, 1.165) is 50.5 Å². The molecule has 5 nitrogen and oxygen atoms in total. The third-order valence-electron chi connectivity index (χ3n) is 13.6. The Morgan fingerprint density at radius 1 is 0.403 bits per heavy atom. The monoisotopic (exact) mass is 873 g/mol. The number of thiophene rings is 1. The summed E-state index contributed by atoms with van der Waals surface area (Å²) in [5.74, 6) is 1.45. The maximum absolute atomic E-state index is 5.54. The minimum absolute atomic E-state index is 0.377. The lowest BCUT2D eigenvalue weighted by molar-refractivity contribution is 0.674. The highest BCUT2D eigenvalue weighted by atomic mass is 32.1. The van der Waals surface area contributed by atoms with Crippen LogP contribution in [0.4, 0.5) is 0 Å². The highest BCUT2D eigenvalue weighted by Crippen LogP contribution is 2.43. The molecule has 1 atom stereocenters. The number of nitrogens with zero attached hydrogens (tertiary/aromatic N) is 4. The van der Waals surface area contributed by atoms with Crippen LogP contribution in [0.15, 0.2) is 234 Å². The van der Waals surface area contributed by atoms with Gasteiger partial charge in [-0.05, 0) is 88.6 Å². The van der Waals surface area contributed by atoms with E-state index in [1.807, 2.05) is 11.3 Å². The van der Waals surface area contributed by atoms with Gasteiger partial charge in [0.25, 0.3) is 0 Å². The number of benzene rings is 10. The smallest absolute Gasteiger partial charge is 0.160 e. The molecule has 314 valence electrons. The van der Waals surface area contributed by atoms with E-state index in [4.69, 9.17) is 9.98 Å². The lowest BCUT2D eigenvalue weighted by Crippen LogP contribution is -2.33. The second-order valence-electron chi connectivity index (χ2n) is 17.4. The minimum Gasteiger partial charge on any atom is -0.344 e. The maximum Gasteiger partial charge on any atom is 0.160 e. The lowest BCUT2D eigenvalue weighted by atomic mass is 9.96. The average molecular weight is 874 g/mol. The van der Waals surface area contributed by atoms with Gasteiger partial charge in [-0.15, -0.1) is 11.3 Å². The fourth-order valence-electron chi connectivity index (χ4n) is 10.5. The molecule has 0 spiro atoms. The van der Waals surface area contributed by atoms with Crippen molar-refractivity contribution in [2.24, 2.45) is 9.98 Å². The van der Waals surface area contributed by atoms with Crippen molar-refractivity contribution in [3.63, 3.8) is 0 Å². The number of fused-ring (bicyclic) bond motifs is 10. The van der Waals surface area contributed by atoms with E-state index in [1.54, 1.807) is 0 Å². The molecule has 1 N–H and O–H groups in total. The first-order valence-electron chi connectivity index (χ1n) is 22.8. The highest BCUT2D eigenvalue weighted by molar-refractivity contribution is 7.26. The van der Waals surface area contributed by atoms with Gasteiger partial charge in [0.15, 0.2) is 5.84 Å². The van der Waals surface area contributed by atoms with Crippen LogP contribution in [-0.4, -0.2) is 20.8 Å². The molecule has 4 heterocycles. The van der Waals surface area contributed by atoms with Crippen molar-refractivity contribution in [2.45, 2.75) is 6.17 Å². The summed E-state index contributed by atoms with van der Waals surface area (Å²) in [7, 11) is 0. The van der Waals surface area contributed by atoms with Gasteiger partial charge in [-0.1, -0.05) is 158 Å². The summed E-state index contributed by atoms with van der Waals surface area (Å²) < 4.78 is 7.31. The number of aromatic nitrogens is 2.